The maximum absolute atomic E-state index is 12.8. The molecule has 0 unspecified atom stereocenters. The van der Waals surface area contributed by atoms with Gasteiger partial charge in [-0.3, -0.25) is 9.59 Å². The largest absolute Gasteiger partial charge is 0.416 e. The van der Waals surface area contributed by atoms with E-state index in [4.69, 9.17) is 11.6 Å². The second-order valence-corrected chi connectivity index (χ2v) is 8.22. The maximum atomic E-state index is 12.8. The van der Waals surface area contributed by atoms with Crippen LogP contribution in [-0.2, 0) is 15.8 Å². The van der Waals surface area contributed by atoms with Gasteiger partial charge in [0.2, 0.25) is 11.8 Å². The van der Waals surface area contributed by atoms with Gasteiger partial charge < -0.3 is 10.6 Å². The number of aryl methyl sites for hydroxylation is 2. The summed E-state index contributed by atoms with van der Waals surface area (Å²) in [5.74, 6) is 0.0454. The van der Waals surface area contributed by atoms with Crippen LogP contribution in [0.1, 0.15) is 29.5 Å². The molecule has 2 rings (SSSR count). The first kappa shape index (κ1) is 24.1. The first-order chi connectivity index (χ1) is 14.1. The maximum Gasteiger partial charge on any atom is 0.416 e. The quantitative estimate of drug-likeness (QED) is 0.472. The molecule has 0 radical (unpaired) electrons. The van der Waals surface area contributed by atoms with Crippen LogP contribution >= 0.6 is 23.4 Å². The Hall–Kier alpha value is -2.19. The lowest BCUT2D eigenvalue weighted by atomic mass is 10.1. The van der Waals surface area contributed by atoms with E-state index in [-0.39, 0.29) is 22.4 Å². The zero-order valence-electron chi connectivity index (χ0n) is 16.5. The minimum absolute atomic E-state index is 0.0320. The molecular weight excluding hydrogens is 437 g/mol. The summed E-state index contributed by atoms with van der Waals surface area (Å²) >= 11 is 7.16. The van der Waals surface area contributed by atoms with Crippen LogP contribution in [0.15, 0.2) is 36.4 Å². The highest BCUT2D eigenvalue weighted by Gasteiger charge is 2.31. The number of thioether (sulfide) groups is 1. The third kappa shape index (κ3) is 7.25. The molecule has 2 aromatic carbocycles. The molecule has 0 saturated heterocycles. The Morgan fingerprint density at radius 1 is 1.03 bits per heavy atom. The molecule has 0 fully saturated rings. The number of benzene rings is 2. The van der Waals surface area contributed by atoms with Crippen LogP contribution in [0, 0.1) is 13.8 Å². The number of hydrogen-bond acceptors (Lipinski definition) is 3. The molecule has 2 N–H and O–H groups in total. The molecule has 0 spiro atoms. The second-order valence-electron chi connectivity index (χ2n) is 6.71. The summed E-state index contributed by atoms with van der Waals surface area (Å²) in [4.78, 5) is 24.1. The van der Waals surface area contributed by atoms with Crippen molar-refractivity contribution < 1.29 is 22.8 Å². The highest BCUT2D eigenvalue weighted by Crippen LogP contribution is 2.33. The standard InChI is InChI=1S/C21H22ClF3N2O2S/c1-13-5-3-6-14(2)20(13)27-18(28)7-4-10-30-12-19(29)26-17-11-15(21(23,24)25)8-9-16(17)22/h3,5-6,8-9,11H,4,7,10,12H2,1-2H3,(H,26,29)(H,27,28). The molecular formula is C21H22ClF3N2O2S. The minimum atomic E-state index is -4.52. The normalized spacial score (nSPS) is 11.3. The third-order valence-electron chi connectivity index (χ3n) is 4.24. The lowest BCUT2D eigenvalue weighted by Crippen LogP contribution is -2.16. The summed E-state index contributed by atoms with van der Waals surface area (Å²) < 4.78 is 38.3. The van der Waals surface area contributed by atoms with Gasteiger partial charge in [0.05, 0.1) is 22.0 Å². The number of para-hydroxylation sites is 1. The SMILES string of the molecule is Cc1cccc(C)c1NC(=O)CCCSCC(=O)Nc1cc(C(F)(F)F)ccc1Cl. The molecule has 2 amide bonds. The number of halogens is 4. The number of alkyl halides is 3. The lowest BCUT2D eigenvalue weighted by Gasteiger charge is -2.12. The molecule has 0 heterocycles. The molecule has 30 heavy (non-hydrogen) atoms. The van der Waals surface area contributed by atoms with Crippen LogP contribution in [0.3, 0.4) is 0 Å². The van der Waals surface area contributed by atoms with Gasteiger partial charge in [-0.25, -0.2) is 0 Å². The van der Waals surface area contributed by atoms with E-state index in [1.165, 1.54) is 11.8 Å². The van der Waals surface area contributed by atoms with Crippen molar-refractivity contribution in [2.24, 2.45) is 0 Å². The number of nitrogens with one attached hydrogen (secondary N) is 2. The highest BCUT2D eigenvalue weighted by molar-refractivity contribution is 7.99. The molecule has 0 atom stereocenters. The Morgan fingerprint density at radius 3 is 2.33 bits per heavy atom. The van der Waals surface area contributed by atoms with E-state index in [1.54, 1.807) is 0 Å². The Balaban J connectivity index is 1.73. The van der Waals surface area contributed by atoms with E-state index in [0.29, 0.717) is 18.6 Å². The number of carbonyl (C=O) groups excluding carboxylic acids is 2. The number of rotatable bonds is 8. The van der Waals surface area contributed by atoms with Gasteiger partial charge in [-0.1, -0.05) is 29.8 Å². The van der Waals surface area contributed by atoms with Crippen LogP contribution in [0.4, 0.5) is 24.5 Å². The molecule has 0 aliphatic heterocycles. The average molecular weight is 459 g/mol. The summed E-state index contributed by atoms with van der Waals surface area (Å²) in [5, 5.41) is 5.33. The van der Waals surface area contributed by atoms with Gasteiger partial charge in [0.25, 0.3) is 0 Å². The van der Waals surface area contributed by atoms with Crippen LogP contribution in [0.25, 0.3) is 0 Å². The molecule has 0 aliphatic carbocycles. The molecule has 0 bridgehead atoms. The topological polar surface area (TPSA) is 58.2 Å². The van der Waals surface area contributed by atoms with Gasteiger partial charge in [-0.05, 0) is 55.3 Å². The van der Waals surface area contributed by atoms with Crippen molar-refractivity contribution in [2.45, 2.75) is 32.9 Å². The van der Waals surface area contributed by atoms with Gasteiger partial charge >= 0.3 is 6.18 Å². The summed E-state index contributed by atoms with van der Waals surface area (Å²) in [6, 6.07) is 8.54. The number of carbonyl (C=O) groups is 2. The molecule has 162 valence electrons. The van der Waals surface area contributed by atoms with E-state index < -0.39 is 17.6 Å². The van der Waals surface area contributed by atoms with Gasteiger partial charge in [-0.15, -0.1) is 0 Å². The average Bonchev–Trinajstić information content (AvgIpc) is 2.65. The van der Waals surface area contributed by atoms with Crippen LogP contribution in [0.2, 0.25) is 5.02 Å². The number of anilines is 2. The lowest BCUT2D eigenvalue weighted by molar-refractivity contribution is -0.137. The Bertz CT molecular complexity index is 899. The minimum Gasteiger partial charge on any atom is -0.326 e. The van der Waals surface area contributed by atoms with Gasteiger partial charge in [-0.2, -0.15) is 24.9 Å². The van der Waals surface area contributed by atoms with E-state index in [2.05, 4.69) is 10.6 Å². The van der Waals surface area contributed by atoms with Crippen molar-refractivity contribution in [2.75, 3.05) is 22.1 Å². The molecule has 0 aromatic heterocycles. The third-order valence-corrected chi connectivity index (χ3v) is 5.61. The number of amides is 2. The fourth-order valence-electron chi connectivity index (χ4n) is 2.70. The van der Waals surface area contributed by atoms with Crippen molar-refractivity contribution in [3.63, 3.8) is 0 Å². The summed E-state index contributed by atoms with van der Waals surface area (Å²) in [6.07, 6.45) is -3.64. The van der Waals surface area contributed by atoms with Crippen molar-refractivity contribution in [1.82, 2.24) is 0 Å². The van der Waals surface area contributed by atoms with Crippen molar-refractivity contribution in [3.8, 4) is 0 Å². The smallest absolute Gasteiger partial charge is 0.326 e. The van der Waals surface area contributed by atoms with E-state index in [9.17, 15) is 22.8 Å². The predicted molar refractivity (Wildman–Crippen MR) is 116 cm³/mol. The Morgan fingerprint density at radius 2 is 1.70 bits per heavy atom. The predicted octanol–water partition coefficient (Wildman–Crippen LogP) is 6.07. The molecule has 0 aliphatic rings. The van der Waals surface area contributed by atoms with E-state index in [0.717, 1.165) is 35.0 Å². The van der Waals surface area contributed by atoms with E-state index >= 15 is 0 Å². The molecule has 9 heteroatoms. The molecule has 2 aromatic rings. The zero-order valence-corrected chi connectivity index (χ0v) is 18.1. The monoisotopic (exact) mass is 458 g/mol. The van der Waals surface area contributed by atoms with Crippen LogP contribution in [0.5, 0.6) is 0 Å². The summed E-state index contributed by atoms with van der Waals surface area (Å²) in [5.41, 5.74) is 1.83. The fourth-order valence-corrected chi connectivity index (χ4v) is 3.61. The summed E-state index contributed by atoms with van der Waals surface area (Å²) in [6.45, 7) is 3.85. The zero-order chi connectivity index (χ0) is 22.3. The molecule has 4 nitrogen and oxygen atoms in total. The van der Waals surface area contributed by atoms with Crippen LogP contribution < -0.4 is 10.6 Å². The highest BCUT2D eigenvalue weighted by atomic mass is 35.5. The Labute approximate surface area is 182 Å². The van der Waals surface area contributed by atoms with Crippen molar-refractivity contribution in [1.29, 1.82) is 0 Å². The second kappa shape index (κ2) is 10.7. The van der Waals surface area contributed by atoms with E-state index in [1.807, 2.05) is 32.0 Å². The first-order valence-electron chi connectivity index (χ1n) is 9.18. The van der Waals surface area contributed by atoms with Crippen molar-refractivity contribution >= 4 is 46.6 Å². The Kier molecular flexibility index (Phi) is 8.61. The van der Waals surface area contributed by atoms with Crippen LogP contribution in [-0.4, -0.2) is 23.3 Å². The van der Waals surface area contributed by atoms with Gasteiger partial charge in [0.15, 0.2) is 0 Å². The van der Waals surface area contributed by atoms with Gasteiger partial charge in [0, 0.05) is 12.1 Å². The molecule has 0 saturated carbocycles. The number of hydrogen-bond donors (Lipinski definition) is 2. The van der Waals surface area contributed by atoms with Gasteiger partial charge in [0.1, 0.15) is 0 Å². The summed E-state index contributed by atoms with van der Waals surface area (Å²) in [7, 11) is 0. The first-order valence-corrected chi connectivity index (χ1v) is 10.7. The van der Waals surface area contributed by atoms with Crippen molar-refractivity contribution in [3.05, 3.63) is 58.1 Å². The fraction of sp³-hybridized carbons (Fsp3) is 0.333.